The zero-order valence-corrected chi connectivity index (χ0v) is 9.86. The summed E-state index contributed by atoms with van der Waals surface area (Å²) >= 11 is 11.9. The van der Waals surface area contributed by atoms with Crippen molar-refractivity contribution in [1.82, 2.24) is 0 Å². The summed E-state index contributed by atoms with van der Waals surface area (Å²) in [5.41, 5.74) is 0.733. The third-order valence-electron chi connectivity index (χ3n) is 3.06. The molecule has 1 aromatic rings. The number of rotatable bonds is 2. The first-order chi connectivity index (χ1) is 7.16. The Labute approximate surface area is 99.4 Å². The van der Waals surface area contributed by atoms with Crippen LogP contribution in [0.15, 0.2) is 18.2 Å². The van der Waals surface area contributed by atoms with E-state index in [1.165, 1.54) is 6.07 Å². The second-order valence-corrected chi connectivity index (χ2v) is 5.14. The van der Waals surface area contributed by atoms with Gasteiger partial charge in [-0.25, -0.2) is 4.39 Å². The van der Waals surface area contributed by atoms with Gasteiger partial charge >= 0.3 is 0 Å². The van der Waals surface area contributed by atoms with Crippen molar-refractivity contribution in [3.05, 3.63) is 34.6 Å². The Kier molecular flexibility index (Phi) is 3.53. The molecule has 0 aliphatic heterocycles. The molecule has 1 aromatic carbocycles. The SMILES string of the molecule is Fc1cc(Cl)ccc1CC1CCCC1Cl. The molecule has 3 heteroatoms. The Balaban J connectivity index is 2.10. The highest BCUT2D eigenvalue weighted by molar-refractivity contribution is 6.30. The maximum Gasteiger partial charge on any atom is 0.127 e. The first kappa shape index (κ1) is 11.2. The summed E-state index contributed by atoms with van der Waals surface area (Å²) in [5.74, 6) is 0.209. The van der Waals surface area contributed by atoms with Crippen LogP contribution in [-0.4, -0.2) is 5.38 Å². The monoisotopic (exact) mass is 246 g/mol. The highest BCUT2D eigenvalue weighted by Gasteiger charge is 2.26. The maximum absolute atomic E-state index is 13.5. The van der Waals surface area contributed by atoms with Gasteiger partial charge < -0.3 is 0 Å². The molecule has 15 heavy (non-hydrogen) atoms. The third kappa shape index (κ3) is 2.64. The minimum Gasteiger partial charge on any atom is -0.207 e. The average molecular weight is 247 g/mol. The highest BCUT2D eigenvalue weighted by atomic mass is 35.5. The predicted molar refractivity (Wildman–Crippen MR) is 62.1 cm³/mol. The van der Waals surface area contributed by atoms with Crippen LogP contribution in [0.25, 0.3) is 0 Å². The minimum atomic E-state index is -0.210. The van der Waals surface area contributed by atoms with Crippen molar-refractivity contribution in [2.75, 3.05) is 0 Å². The molecule has 1 aliphatic carbocycles. The first-order valence-electron chi connectivity index (χ1n) is 5.25. The van der Waals surface area contributed by atoms with Gasteiger partial charge in [-0.3, -0.25) is 0 Å². The molecule has 1 fully saturated rings. The van der Waals surface area contributed by atoms with Crippen LogP contribution in [0.4, 0.5) is 4.39 Å². The number of hydrogen-bond donors (Lipinski definition) is 0. The van der Waals surface area contributed by atoms with Crippen LogP contribution < -0.4 is 0 Å². The minimum absolute atomic E-state index is 0.208. The van der Waals surface area contributed by atoms with E-state index in [1.54, 1.807) is 12.1 Å². The second kappa shape index (κ2) is 4.71. The standard InChI is InChI=1S/C12H13Cl2F/c13-10-5-4-9(12(15)7-10)6-8-2-1-3-11(8)14/h4-5,7-8,11H,1-3,6H2. The molecule has 0 saturated heterocycles. The summed E-state index contributed by atoms with van der Waals surface area (Å²) in [6.07, 6.45) is 4.06. The van der Waals surface area contributed by atoms with Gasteiger partial charge in [0.15, 0.2) is 0 Å². The van der Waals surface area contributed by atoms with Crippen molar-refractivity contribution in [3.8, 4) is 0 Å². The Bertz CT molecular complexity index is 351. The van der Waals surface area contributed by atoms with Crippen molar-refractivity contribution in [2.24, 2.45) is 5.92 Å². The Morgan fingerprint density at radius 1 is 1.33 bits per heavy atom. The van der Waals surface area contributed by atoms with Gasteiger partial charge in [0.2, 0.25) is 0 Å². The molecule has 0 aromatic heterocycles. The van der Waals surface area contributed by atoms with E-state index in [9.17, 15) is 4.39 Å². The van der Waals surface area contributed by atoms with Gasteiger partial charge in [-0.15, -0.1) is 11.6 Å². The molecule has 1 aliphatic rings. The molecule has 0 bridgehead atoms. The largest absolute Gasteiger partial charge is 0.207 e. The summed E-state index contributed by atoms with van der Waals surface area (Å²) < 4.78 is 13.5. The van der Waals surface area contributed by atoms with Crippen LogP contribution in [-0.2, 0) is 6.42 Å². The van der Waals surface area contributed by atoms with Gasteiger partial charge in [-0.2, -0.15) is 0 Å². The van der Waals surface area contributed by atoms with Crippen molar-refractivity contribution >= 4 is 23.2 Å². The topological polar surface area (TPSA) is 0 Å². The summed E-state index contributed by atoms with van der Waals surface area (Å²) in [5, 5.41) is 0.658. The van der Waals surface area contributed by atoms with E-state index < -0.39 is 0 Å². The Morgan fingerprint density at radius 2 is 2.13 bits per heavy atom. The quantitative estimate of drug-likeness (QED) is 0.678. The number of alkyl halides is 1. The lowest BCUT2D eigenvalue weighted by atomic mass is 9.97. The molecule has 2 atom stereocenters. The van der Waals surface area contributed by atoms with E-state index in [2.05, 4.69) is 0 Å². The van der Waals surface area contributed by atoms with Crippen LogP contribution in [0.3, 0.4) is 0 Å². The van der Waals surface area contributed by atoms with Crippen LogP contribution >= 0.6 is 23.2 Å². The molecule has 2 rings (SSSR count). The summed E-state index contributed by atoms with van der Waals surface area (Å²) in [6, 6.07) is 4.87. The summed E-state index contributed by atoms with van der Waals surface area (Å²) in [7, 11) is 0. The van der Waals surface area contributed by atoms with E-state index in [-0.39, 0.29) is 11.2 Å². The van der Waals surface area contributed by atoms with Crippen LogP contribution in [0, 0.1) is 11.7 Å². The molecule has 0 N–H and O–H groups in total. The zero-order valence-electron chi connectivity index (χ0n) is 8.35. The van der Waals surface area contributed by atoms with E-state index in [1.807, 2.05) is 0 Å². The molecule has 82 valence electrons. The fourth-order valence-corrected chi connectivity index (χ4v) is 2.72. The van der Waals surface area contributed by atoms with Crippen molar-refractivity contribution in [3.63, 3.8) is 0 Å². The normalized spacial score (nSPS) is 25.8. The number of hydrogen-bond acceptors (Lipinski definition) is 0. The molecular formula is C12H13Cl2F. The fourth-order valence-electron chi connectivity index (χ4n) is 2.19. The average Bonchev–Trinajstić information content (AvgIpc) is 2.57. The van der Waals surface area contributed by atoms with Gasteiger partial charge in [0.1, 0.15) is 5.82 Å². The molecule has 0 spiro atoms. The summed E-state index contributed by atoms with van der Waals surface area (Å²) in [6.45, 7) is 0. The smallest absolute Gasteiger partial charge is 0.127 e. The fraction of sp³-hybridized carbons (Fsp3) is 0.500. The van der Waals surface area contributed by atoms with Crippen LogP contribution in [0.5, 0.6) is 0 Å². The van der Waals surface area contributed by atoms with Crippen molar-refractivity contribution in [1.29, 1.82) is 0 Å². The lowest BCUT2D eigenvalue weighted by Crippen LogP contribution is -2.11. The molecule has 1 saturated carbocycles. The molecule has 0 nitrogen and oxygen atoms in total. The van der Waals surface area contributed by atoms with Gasteiger partial charge in [-0.05, 0) is 42.9 Å². The lowest BCUT2D eigenvalue weighted by Gasteiger charge is -2.13. The summed E-state index contributed by atoms with van der Waals surface area (Å²) in [4.78, 5) is 0. The van der Waals surface area contributed by atoms with Crippen molar-refractivity contribution in [2.45, 2.75) is 31.1 Å². The Hall–Kier alpha value is -0.270. The zero-order chi connectivity index (χ0) is 10.8. The third-order valence-corrected chi connectivity index (χ3v) is 3.87. The maximum atomic E-state index is 13.5. The van der Waals surface area contributed by atoms with E-state index in [0.29, 0.717) is 10.9 Å². The van der Waals surface area contributed by atoms with Crippen molar-refractivity contribution < 1.29 is 4.39 Å². The predicted octanol–water partition coefficient (Wildman–Crippen LogP) is 4.43. The van der Waals surface area contributed by atoms with Gasteiger partial charge in [-0.1, -0.05) is 24.1 Å². The van der Waals surface area contributed by atoms with E-state index in [0.717, 1.165) is 31.2 Å². The van der Waals surface area contributed by atoms with Gasteiger partial charge in [0, 0.05) is 10.4 Å². The molecule has 2 unspecified atom stereocenters. The van der Waals surface area contributed by atoms with Gasteiger partial charge in [0.25, 0.3) is 0 Å². The molecule has 0 heterocycles. The van der Waals surface area contributed by atoms with Crippen LogP contribution in [0.2, 0.25) is 5.02 Å². The number of halogens is 3. The Morgan fingerprint density at radius 3 is 2.73 bits per heavy atom. The molecular weight excluding hydrogens is 234 g/mol. The molecule has 0 radical (unpaired) electrons. The van der Waals surface area contributed by atoms with E-state index >= 15 is 0 Å². The van der Waals surface area contributed by atoms with Gasteiger partial charge in [0.05, 0.1) is 0 Å². The number of benzene rings is 1. The second-order valence-electron chi connectivity index (χ2n) is 4.15. The molecule has 0 amide bonds. The first-order valence-corrected chi connectivity index (χ1v) is 6.06. The van der Waals surface area contributed by atoms with Crippen LogP contribution in [0.1, 0.15) is 24.8 Å². The lowest BCUT2D eigenvalue weighted by molar-refractivity contribution is 0.525. The van der Waals surface area contributed by atoms with E-state index in [4.69, 9.17) is 23.2 Å². The highest BCUT2D eigenvalue weighted by Crippen LogP contribution is 2.33.